The van der Waals surface area contributed by atoms with Crippen molar-refractivity contribution in [1.82, 2.24) is 9.97 Å². The molecule has 0 aliphatic carbocycles. The minimum absolute atomic E-state index is 0.0222. The number of benzene rings is 2. The van der Waals surface area contributed by atoms with Crippen LogP contribution in [0.2, 0.25) is 0 Å². The van der Waals surface area contributed by atoms with Crippen LogP contribution in [0.25, 0.3) is 11.1 Å². The smallest absolute Gasteiger partial charge is 0.305 e. The molecule has 9 nitrogen and oxygen atoms in total. The Morgan fingerprint density at radius 1 is 1.13 bits per heavy atom. The molecule has 0 bridgehead atoms. The number of nitrogens with two attached hydrogens (primary N) is 2. The average molecular weight is 423 g/mol. The summed E-state index contributed by atoms with van der Waals surface area (Å²) in [6.07, 6.45) is 2.09. The Bertz CT molecular complexity index is 1090. The monoisotopic (exact) mass is 423 g/mol. The Balaban J connectivity index is 2.06. The molecule has 162 valence electrons. The minimum Gasteiger partial charge on any atom is -0.493 e. The van der Waals surface area contributed by atoms with Crippen LogP contribution in [0, 0.1) is 0 Å². The fourth-order valence-corrected chi connectivity index (χ4v) is 3.31. The van der Waals surface area contributed by atoms with E-state index in [9.17, 15) is 4.79 Å². The van der Waals surface area contributed by atoms with E-state index in [1.165, 1.54) is 0 Å². The van der Waals surface area contributed by atoms with Crippen molar-refractivity contribution < 1.29 is 19.4 Å². The Kier molecular flexibility index (Phi) is 6.76. The number of carbonyl (C=O) groups is 1. The van der Waals surface area contributed by atoms with Crippen molar-refractivity contribution in [3.63, 3.8) is 0 Å². The van der Waals surface area contributed by atoms with Crippen molar-refractivity contribution >= 4 is 23.4 Å². The Morgan fingerprint density at radius 3 is 2.61 bits per heavy atom. The molecule has 3 rings (SSSR count). The van der Waals surface area contributed by atoms with E-state index in [2.05, 4.69) is 15.3 Å². The van der Waals surface area contributed by atoms with Crippen molar-refractivity contribution in [3.05, 3.63) is 53.7 Å². The zero-order valence-electron chi connectivity index (χ0n) is 17.4. The van der Waals surface area contributed by atoms with E-state index < -0.39 is 5.97 Å². The summed E-state index contributed by atoms with van der Waals surface area (Å²) >= 11 is 0. The largest absolute Gasteiger partial charge is 0.493 e. The highest BCUT2D eigenvalue weighted by atomic mass is 16.5. The summed E-state index contributed by atoms with van der Waals surface area (Å²) in [7, 11) is 3.16. The molecule has 9 heteroatoms. The molecule has 6 N–H and O–H groups in total. The summed E-state index contributed by atoms with van der Waals surface area (Å²) < 4.78 is 11.2. The third kappa shape index (κ3) is 5.13. The van der Waals surface area contributed by atoms with Crippen LogP contribution in [0.4, 0.5) is 17.5 Å². The van der Waals surface area contributed by atoms with Gasteiger partial charge in [0.15, 0.2) is 11.5 Å². The van der Waals surface area contributed by atoms with Gasteiger partial charge in [0.2, 0.25) is 5.95 Å². The third-order valence-corrected chi connectivity index (χ3v) is 4.75. The number of ether oxygens (including phenoxy) is 2. The van der Waals surface area contributed by atoms with Gasteiger partial charge in [0.1, 0.15) is 5.82 Å². The molecular formula is C22H25N5O4. The summed E-state index contributed by atoms with van der Waals surface area (Å²) in [5.41, 5.74) is 15.8. The number of hydrogen-bond acceptors (Lipinski definition) is 8. The fraction of sp³-hybridized carbons (Fsp3) is 0.227. The molecule has 0 unspecified atom stereocenters. The number of rotatable bonds is 9. The Labute approximate surface area is 180 Å². The van der Waals surface area contributed by atoms with E-state index in [4.69, 9.17) is 26.0 Å². The van der Waals surface area contributed by atoms with E-state index in [0.29, 0.717) is 30.3 Å². The number of carboxylic acid groups (broad SMARTS) is 1. The van der Waals surface area contributed by atoms with Crippen molar-refractivity contribution in [2.24, 2.45) is 0 Å². The highest BCUT2D eigenvalue weighted by Crippen LogP contribution is 2.42. The van der Waals surface area contributed by atoms with Crippen LogP contribution < -0.4 is 26.3 Å². The van der Waals surface area contributed by atoms with Gasteiger partial charge in [0.25, 0.3) is 0 Å². The summed E-state index contributed by atoms with van der Waals surface area (Å²) in [5, 5.41) is 12.0. The maximum Gasteiger partial charge on any atom is 0.305 e. The van der Waals surface area contributed by atoms with Crippen LogP contribution in [0.3, 0.4) is 0 Å². The van der Waals surface area contributed by atoms with Gasteiger partial charge >= 0.3 is 5.97 Å². The number of carboxylic acids is 1. The van der Waals surface area contributed by atoms with Crippen LogP contribution in [-0.4, -0.2) is 41.8 Å². The van der Waals surface area contributed by atoms with Gasteiger partial charge in [-0.2, -0.15) is 4.98 Å². The quantitative estimate of drug-likeness (QED) is 0.408. The lowest BCUT2D eigenvalue weighted by atomic mass is 9.93. The predicted molar refractivity (Wildman–Crippen MR) is 119 cm³/mol. The van der Waals surface area contributed by atoms with Gasteiger partial charge in [-0.3, -0.25) is 4.79 Å². The average Bonchev–Trinajstić information content (AvgIpc) is 2.75. The molecule has 0 spiro atoms. The van der Waals surface area contributed by atoms with Crippen LogP contribution in [0.5, 0.6) is 11.5 Å². The number of anilines is 3. The van der Waals surface area contributed by atoms with Crippen LogP contribution in [0.15, 0.2) is 42.6 Å². The second-order valence-corrected chi connectivity index (χ2v) is 6.80. The van der Waals surface area contributed by atoms with Crippen molar-refractivity contribution in [2.75, 3.05) is 37.5 Å². The summed E-state index contributed by atoms with van der Waals surface area (Å²) in [5.74, 6) is 0.750. The lowest BCUT2D eigenvalue weighted by Gasteiger charge is -2.18. The Hall–Kier alpha value is -4.01. The van der Waals surface area contributed by atoms with Gasteiger partial charge in [-0.05, 0) is 29.3 Å². The predicted octanol–water partition coefficient (Wildman–Crippen LogP) is 2.80. The number of methoxy groups -OCH3 is 2. The number of aliphatic carboxylic acids is 1. The van der Waals surface area contributed by atoms with Crippen LogP contribution >= 0.6 is 0 Å². The molecule has 0 aliphatic heterocycles. The molecule has 3 aromatic rings. The first-order valence-electron chi connectivity index (χ1n) is 9.59. The van der Waals surface area contributed by atoms with Gasteiger partial charge in [0.05, 0.1) is 20.6 Å². The van der Waals surface area contributed by atoms with Crippen molar-refractivity contribution in [2.45, 2.75) is 12.8 Å². The molecule has 0 atom stereocenters. The highest BCUT2D eigenvalue weighted by Gasteiger charge is 2.18. The SMILES string of the molecule is COc1ccc(Cc2cnc(N)nc2N)c(-c2cccc(NCCC(=O)O)c2)c1OC. The van der Waals surface area contributed by atoms with E-state index in [1.807, 2.05) is 36.4 Å². The van der Waals surface area contributed by atoms with E-state index >= 15 is 0 Å². The van der Waals surface area contributed by atoms with E-state index in [1.54, 1.807) is 20.4 Å². The number of nitrogen functional groups attached to an aromatic ring is 2. The van der Waals surface area contributed by atoms with Crippen LogP contribution in [0.1, 0.15) is 17.5 Å². The molecular weight excluding hydrogens is 398 g/mol. The molecule has 1 aromatic heterocycles. The summed E-state index contributed by atoms with van der Waals surface area (Å²) in [6.45, 7) is 0.320. The zero-order chi connectivity index (χ0) is 22.4. The lowest BCUT2D eigenvalue weighted by Crippen LogP contribution is -2.07. The third-order valence-electron chi connectivity index (χ3n) is 4.75. The zero-order valence-corrected chi connectivity index (χ0v) is 17.4. The Morgan fingerprint density at radius 2 is 1.94 bits per heavy atom. The number of nitrogens with zero attached hydrogens (tertiary/aromatic N) is 2. The number of nitrogens with one attached hydrogen (secondary N) is 1. The standard InChI is InChI=1S/C22H25N5O4/c1-30-17-7-6-14(10-15-12-26-22(24)27-21(15)23)19(20(17)31-2)13-4-3-5-16(11-13)25-9-8-18(28)29/h3-7,11-12,25H,8-10H2,1-2H3,(H,28,29)(H4,23,24,26,27). The summed E-state index contributed by atoms with van der Waals surface area (Å²) in [4.78, 5) is 18.9. The van der Waals surface area contributed by atoms with Gasteiger partial charge < -0.3 is 31.4 Å². The van der Waals surface area contributed by atoms with Crippen LogP contribution in [-0.2, 0) is 11.2 Å². The first-order chi connectivity index (χ1) is 14.9. The van der Waals surface area contributed by atoms with Crippen molar-refractivity contribution in [1.29, 1.82) is 0 Å². The molecule has 2 aromatic carbocycles. The van der Waals surface area contributed by atoms with Gasteiger partial charge in [-0.15, -0.1) is 0 Å². The normalized spacial score (nSPS) is 10.5. The molecule has 31 heavy (non-hydrogen) atoms. The maximum atomic E-state index is 10.8. The topological polar surface area (TPSA) is 146 Å². The lowest BCUT2D eigenvalue weighted by molar-refractivity contribution is -0.136. The molecule has 0 fully saturated rings. The molecule has 1 heterocycles. The number of hydrogen-bond donors (Lipinski definition) is 4. The fourth-order valence-electron chi connectivity index (χ4n) is 3.31. The summed E-state index contributed by atoms with van der Waals surface area (Å²) in [6, 6.07) is 11.4. The maximum absolute atomic E-state index is 10.8. The molecule has 0 amide bonds. The first-order valence-corrected chi connectivity index (χ1v) is 9.59. The van der Waals surface area contributed by atoms with E-state index in [-0.39, 0.29) is 12.4 Å². The molecule has 0 saturated carbocycles. The first kappa shape index (κ1) is 21.7. The number of aromatic nitrogens is 2. The second-order valence-electron chi connectivity index (χ2n) is 6.80. The molecule has 0 radical (unpaired) electrons. The van der Waals surface area contributed by atoms with Gasteiger partial charge in [0, 0.05) is 36.0 Å². The minimum atomic E-state index is -0.858. The second kappa shape index (κ2) is 9.66. The molecule has 0 saturated heterocycles. The van der Waals surface area contributed by atoms with E-state index in [0.717, 1.165) is 27.9 Å². The molecule has 0 aliphatic rings. The van der Waals surface area contributed by atoms with Gasteiger partial charge in [-0.25, -0.2) is 4.98 Å². The van der Waals surface area contributed by atoms with Crippen molar-refractivity contribution in [3.8, 4) is 22.6 Å². The van der Waals surface area contributed by atoms with Gasteiger partial charge in [-0.1, -0.05) is 18.2 Å². The highest BCUT2D eigenvalue weighted by molar-refractivity contribution is 5.80.